The van der Waals surface area contributed by atoms with Crippen molar-refractivity contribution >= 4 is 11.6 Å². The van der Waals surface area contributed by atoms with E-state index in [-0.39, 0.29) is 18.6 Å². The molecule has 0 aliphatic carbocycles. The molecule has 7 heteroatoms. The zero-order valence-corrected chi connectivity index (χ0v) is 19.6. The van der Waals surface area contributed by atoms with Crippen LogP contribution in [0.15, 0.2) is 78.9 Å². The number of nitrogens with zero attached hydrogens (tertiary/aromatic N) is 3. The fourth-order valence-electron chi connectivity index (χ4n) is 3.45. The summed E-state index contributed by atoms with van der Waals surface area (Å²) in [6.07, 6.45) is -0.0396. The SMILES string of the molecule is Cc1ccccc1-c1nc(OC(C)C)nn1-c1ccc(NC(=O)COCc2ccccc2)cc1. The molecule has 0 atom stereocenters. The Morgan fingerprint density at radius 3 is 2.38 bits per heavy atom. The first-order chi connectivity index (χ1) is 16.5. The van der Waals surface area contributed by atoms with Crippen LogP contribution in [0, 0.1) is 6.92 Å². The predicted octanol–water partition coefficient (Wildman–Crippen LogP) is 5.19. The Kier molecular flexibility index (Phi) is 7.34. The molecule has 34 heavy (non-hydrogen) atoms. The van der Waals surface area contributed by atoms with E-state index in [1.54, 1.807) is 4.68 Å². The van der Waals surface area contributed by atoms with Gasteiger partial charge in [-0.1, -0.05) is 54.6 Å². The average Bonchev–Trinajstić information content (AvgIpc) is 3.23. The summed E-state index contributed by atoms with van der Waals surface area (Å²) in [5.41, 5.74) is 4.57. The molecule has 0 saturated carbocycles. The van der Waals surface area contributed by atoms with Gasteiger partial charge in [-0.25, -0.2) is 4.68 Å². The molecule has 0 radical (unpaired) electrons. The van der Waals surface area contributed by atoms with Crippen molar-refractivity contribution in [2.75, 3.05) is 11.9 Å². The zero-order chi connectivity index (χ0) is 23.9. The van der Waals surface area contributed by atoms with Crippen LogP contribution in [0.4, 0.5) is 5.69 Å². The minimum atomic E-state index is -0.211. The third-order valence-electron chi connectivity index (χ3n) is 5.06. The molecule has 4 aromatic rings. The van der Waals surface area contributed by atoms with Crippen LogP contribution >= 0.6 is 0 Å². The van der Waals surface area contributed by atoms with Crippen molar-refractivity contribution in [2.24, 2.45) is 0 Å². The lowest BCUT2D eigenvalue weighted by atomic mass is 10.1. The minimum absolute atomic E-state index is 0.0208. The Morgan fingerprint density at radius 2 is 1.68 bits per heavy atom. The third-order valence-corrected chi connectivity index (χ3v) is 5.06. The lowest BCUT2D eigenvalue weighted by Crippen LogP contribution is -2.18. The van der Waals surface area contributed by atoms with Crippen molar-refractivity contribution in [3.8, 4) is 23.1 Å². The maximum absolute atomic E-state index is 12.3. The number of hydrogen-bond acceptors (Lipinski definition) is 5. The fraction of sp³-hybridized carbons (Fsp3) is 0.222. The number of aromatic nitrogens is 3. The molecule has 1 heterocycles. The number of nitrogens with one attached hydrogen (secondary N) is 1. The van der Waals surface area contributed by atoms with Gasteiger partial charge in [0.25, 0.3) is 0 Å². The van der Waals surface area contributed by atoms with Gasteiger partial charge in [0.2, 0.25) is 5.91 Å². The van der Waals surface area contributed by atoms with E-state index >= 15 is 0 Å². The summed E-state index contributed by atoms with van der Waals surface area (Å²) in [5, 5.41) is 7.43. The van der Waals surface area contributed by atoms with E-state index < -0.39 is 0 Å². The fourth-order valence-corrected chi connectivity index (χ4v) is 3.45. The van der Waals surface area contributed by atoms with Crippen molar-refractivity contribution in [3.05, 3.63) is 90.0 Å². The summed E-state index contributed by atoms with van der Waals surface area (Å²) >= 11 is 0. The lowest BCUT2D eigenvalue weighted by molar-refractivity contribution is -0.121. The van der Waals surface area contributed by atoms with Crippen LogP contribution in [0.2, 0.25) is 0 Å². The van der Waals surface area contributed by atoms with Gasteiger partial charge in [0.15, 0.2) is 5.82 Å². The number of carbonyl (C=O) groups excluding carboxylic acids is 1. The first-order valence-corrected chi connectivity index (χ1v) is 11.2. The van der Waals surface area contributed by atoms with Gasteiger partial charge in [-0.3, -0.25) is 4.79 Å². The third kappa shape index (κ3) is 5.88. The highest BCUT2D eigenvalue weighted by molar-refractivity contribution is 5.91. The molecule has 0 spiro atoms. The van der Waals surface area contributed by atoms with Crippen LogP contribution in [0.5, 0.6) is 6.01 Å². The van der Waals surface area contributed by atoms with Crippen LogP contribution in [-0.2, 0) is 16.1 Å². The maximum atomic E-state index is 12.3. The van der Waals surface area contributed by atoms with E-state index in [2.05, 4.69) is 15.4 Å². The van der Waals surface area contributed by atoms with Gasteiger partial charge in [-0.05, 0) is 56.2 Å². The summed E-state index contributed by atoms with van der Waals surface area (Å²) in [6, 6.07) is 25.5. The van der Waals surface area contributed by atoms with Crippen LogP contribution in [0.25, 0.3) is 17.1 Å². The molecule has 1 aromatic heterocycles. The van der Waals surface area contributed by atoms with Crippen molar-refractivity contribution in [3.63, 3.8) is 0 Å². The highest BCUT2D eigenvalue weighted by Crippen LogP contribution is 2.27. The Labute approximate surface area is 199 Å². The second kappa shape index (κ2) is 10.8. The number of carbonyl (C=O) groups is 1. The number of aryl methyl sites for hydroxylation is 1. The Hall–Kier alpha value is -3.97. The zero-order valence-electron chi connectivity index (χ0n) is 19.6. The molecule has 7 nitrogen and oxygen atoms in total. The molecule has 0 fully saturated rings. The van der Waals surface area contributed by atoms with E-state index in [4.69, 9.17) is 9.47 Å². The predicted molar refractivity (Wildman–Crippen MR) is 132 cm³/mol. The molecular weight excluding hydrogens is 428 g/mol. The summed E-state index contributed by atoms with van der Waals surface area (Å²) < 4.78 is 13.0. The largest absolute Gasteiger partial charge is 0.460 e. The molecule has 4 rings (SSSR count). The standard InChI is InChI=1S/C27H28N4O3/c1-19(2)34-27-29-26(24-12-8-7-9-20(24)3)31(30-27)23-15-13-22(14-16-23)28-25(32)18-33-17-21-10-5-4-6-11-21/h4-16,19H,17-18H2,1-3H3,(H,28,32). The number of benzene rings is 3. The summed E-state index contributed by atoms with van der Waals surface area (Å²) in [4.78, 5) is 16.9. The van der Waals surface area contributed by atoms with Gasteiger partial charge >= 0.3 is 6.01 Å². The van der Waals surface area contributed by atoms with Crippen LogP contribution in [-0.4, -0.2) is 33.4 Å². The van der Waals surface area contributed by atoms with E-state index in [1.165, 1.54) is 0 Å². The normalized spacial score (nSPS) is 10.9. The van der Waals surface area contributed by atoms with E-state index in [1.807, 2.05) is 99.6 Å². The van der Waals surface area contributed by atoms with Gasteiger partial charge in [0.05, 0.1) is 18.4 Å². The van der Waals surface area contributed by atoms with E-state index in [0.717, 1.165) is 22.4 Å². The topological polar surface area (TPSA) is 78.3 Å². The number of anilines is 1. The van der Waals surface area contributed by atoms with E-state index in [0.29, 0.717) is 24.1 Å². The Bertz CT molecular complexity index is 1230. The molecule has 3 aromatic carbocycles. The first kappa shape index (κ1) is 23.2. The van der Waals surface area contributed by atoms with Crippen molar-refractivity contribution in [1.82, 2.24) is 14.8 Å². The maximum Gasteiger partial charge on any atom is 0.336 e. The smallest absolute Gasteiger partial charge is 0.336 e. The molecule has 0 aliphatic rings. The van der Waals surface area contributed by atoms with Crippen LogP contribution in [0.3, 0.4) is 0 Å². The van der Waals surface area contributed by atoms with E-state index in [9.17, 15) is 4.79 Å². The molecule has 0 saturated heterocycles. The Balaban J connectivity index is 1.47. The highest BCUT2D eigenvalue weighted by Gasteiger charge is 2.17. The molecule has 1 N–H and O–H groups in total. The lowest BCUT2D eigenvalue weighted by Gasteiger charge is -2.10. The quantitative estimate of drug-likeness (QED) is 0.375. The summed E-state index contributed by atoms with van der Waals surface area (Å²) in [7, 11) is 0. The highest BCUT2D eigenvalue weighted by atomic mass is 16.5. The second-order valence-corrected chi connectivity index (χ2v) is 8.18. The monoisotopic (exact) mass is 456 g/mol. The van der Waals surface area contributed by atoms with Crippen LogP contribution < -0.4 is 10.1 Å². The average molecular weight is 457 g/mol. The van der Waals surface area contributed by atoms with Gasteiger partial charge in [0.1, 0.15) is 6.61 Å². The molecular formula is C27H28N4O3. The Morgan fingerprint density at radius 1 is 0.971 bits per heavy atom. The summed E-state index contributed by atoms with van der Waals surface area (Å²) in [5.74, 6) is 0.484. The molecule has 1 amide bonds. The van der Waals surface area contributed by atoms with Gasteiger partial charge in [0, 0.05) is 11.3 Å². The molecule has 0 aliphatic heterocycles. The second-order valence-electron chi connectivity index (χ2n) is 8.18. The molecule has 0 unspecified atom stereocenters. The number of hydrogen-bond donors (Lipinski definition) is 1. The van der Waals surface area contributed by atoms with Gasteiger partial charge in [-0.15, -0.1) is 5.10 Å². The van der Waals surface area contributed by atoms with Crippen LogP contribution in [0.1, 0.15) is 25.0 Å². The number of amides is 1. The first-order valence-electron chi connectivity index (χ1n) is 11.2. The van der Waals surface area contributed by atoms with Gasteiger partial charge < -0.3 is 14.8 Å². The molecule has 0 bridgehead atoms. The minimum Gasteiger partial charge on any atom is -0.460 e. The van der Waals surface area contributed by atoms with Crippen molar-refractivity contribution < 1.29 is 14.3 Å². The number of rotatable bonds is 9. The van der Waals surface area contributed by atoms with Crippen molar-refractivity contribution in [2.45, 2.75) is 33.5 Å². The number of ether oxygens (including phenoxy) is 2. The summed E-state index contributed by atoms with van der Waals surface area (Å²) in [6.45, 7) is 6.29. The van der Waals surface area contributed by atoms with Crippen molar-refractivity contribution in [1.29, 1.82) is 0 Å². The molecule has 174 valence electrons. The van der Waals surface area contributed by atoms with Gasteiger partial charge in [-0.2, -0.15) is 4.98 Å².